The van der Waals surface area contributed by atoms with E-state index in [4.69, 9.17) is 0 Å². The average molecular weight is 448 g/mol. The number of halogens is 3. The number of aliphatic imine (C=N–C) groups is 1. The average Bonchev–Trinajstić information content (AvgIpc) is 3.44. The number of amides is 2. The molecule has 4 atom stereocenters. The van der Waals surface area contributed by atoms with Crippen molar-refractivity contribution in [2.45, 2.75) is 32.5 Å². The Morgan fingerprint density at radius 3 is 2.25 bits per heavy atom. The minimum absolute atomic E-state index is 0.0419. The minimum Gasteiger partial charge on any atom is -0.357 e. The summed E-state index contributed by atoms with van der Waals surface area (Å²) in [6.45, 7) is 3.65. The fourth-order valence-electron chi connectivity index (χ4n) is 4.94. The number of nitrogens with zero attached hydrogens (tertiary/aromatic N) is 2. The van der Waals surface area contributed by atoms with Crippen molar-refractivity contribution in [3.63, 3.8) is 0 Å². The van der Waals surface area contributed by atoms with Gasteiger partial charge in [0.05, 0.1) is 23.9 Å². The van der Waals surface area contributed by atoms with Crippen LogP contribution in [0, 0.1) is 23.7 Å². The van der Waals surface area contributed by atoms with E-state index in [1.54, 1.807) is 0 Å². The maximum Gasteiger partial charge on any atom is 0.416 e. The van der Waals surface area contributed by atoms with Crippen LogP contribution >= 0.6 is 0 Å². The maximum atomic E-state index is 12.7. The first kappa shape index (κ1) is 22.4. The number of allylic oxidation sites excluding steroid dienone is 2. The van der Waals surface area contributed by atoms with Gasteiger partial charge in [0.15, 0.2) is 5.96 Å². The van der Waals surface area contributed by atoms with Crippen LogP contribution in [0.3, 0.4) is 0 Å². The Balaban J connectivity index is 1.26. The molecule has 2 aliphatic carbocycles. The molecule has 4 rings (SSSR count). The summed E-state index contributed by atoms with van der Waals surface area (Å²) in [5.74, 6) is 0.524. The molecule has 2 fully saturated rings. The van der Waals surface area contributed by atoms with E-state index in [-0.39, 0.29) is 42.0 Å². The highest BCUT2D eigenvalue weighted by Gasteiger charge is 2.58. The number of carbonyl (C=O) groups excluding carboxylic acids is 2. The third-order valence-electron chi connectivity index (χ3n) is 6.46. The fraction of sp³-hybridized carbons (Fsp3) is 0.522. The van der Waals surface area contributed by atoms with Gasteiger partial charge >= 0.3 is 6.18 Å². The van der Waals surface area contributed by atoms with Gasteiger partial charge in [0.2, 0.25) is 11.8 Å². The molecule has 2 bridgehead atoms. The Hall–Kier alpha value is -2.84. The second-order valence-electron chi connectivity index (χ2n) is 8.50. The summed E-state index contributed by atoms with van der Waals surface area (Å²) in [7, 11) is 0. The lowest BCUT2D eigenvalue weighted by Gasteiger charge is -2.18. The van der Waals surface area contributed by atoms with Gasteiger partial charge in [-0.3, -0.25) is 14.5 Å². The molecule has 0 spiro atoms. The Bertz CT molecular complexity index is 896. The predicted octanol–water partition coefficient (Wildman–Crippen LogP) is 2.96. The van der Waals surface area contributed by atoms with E-state index >= 15 is 0 Å². The Labute approximate surface area is 185 Å². The summed E-state index contributed by atoms with van der Waals surface area (Å²) in [5, 5.41) is 6.25. The lowest BCUT2D eigenvalue weighted by atomic mass is 9.85. The Morgan fingerprint density at radius 2 is 1.69 bits per heavy atom. The molecule has 0 aromatic heterocycles. The van der Waals surface area contributed by atoms with Crippen molar-refractivity contribution in [3.05, 3.63) is 47.5 Å². The third kappa shape index (κ3) is 4.38. The number of hydrogen-bond acceptors (Lipinski definition) is 3. The molecular formula is C23H27F3N4O2. The highest BCUT2D eigenvalue weighted by atomic mass is 19.4. The zero-order valence-corrected chi connectivity index (χ0v) is 17.9. The largest absolute Gasteiger partial charge is 0.416 e. The molecule has 1 saturated carbocycles. The van der Waals surface area contributed by atoms with Crippen LogP contribution in [-0.4, -0.2) is 42.3 Å². The van der Waals surface area contributed by atoms with Gasteiger partial charge in [-0.25, -0.2) is 4.99 Å². The molecular weight excluding hydrogens is 421 g/mol. The summed E-state index contributed by atoms with van der Waals surface area (Å²) in [5.41, 5.74) is -0.0209. The number of likely N-dealkylation sites (tertiary alicyclic amines) is 1. The van der Waals surface area contributed by atoms with Crippen LogP contribution in [0.1, 0.15) is 30.9 Å². The fourth-order valence-corrected chi connectivity index (χ4v) is 4.94. The molecule has 1 aromatic carbocycles. The van der Waals surface area contributed by atoms with Crippen LogP contribution in [0.4, 0.5) is 13.2 Å². The number of hydrogen-bond donors (Lipinski definition) is 2. The van der Waals surface area contributed by atoms with Crippen molar-refractivity contribution >= 4 is 17.8 Å². The smallest absolute Gasteiger partial charge is 0.357 e. The van der Waals surface area contributed by atoms with Crippen LogP contribution in [0.15, 0.2) is 41.4 Å². The SMILES string of the molecule is CCNC(=NCc1ccc(C(F)(F)F)cc1)NCCCN1C(=O)C2C3C=CC(C3)C2C1=O. The molecule has 172 valence electrons. The Morgan fingerprint density at radius 1 is 1.06 bits per heavy atom. The number of fused-ring (bicyclic) bond motifs is 5. The van der Waals surface area contributed by atoms with E-state index in [2.05, 4.69) is 27.8 Å². The van der Waals surface area contributed by atoms with E-state index in [0.717, 1.165) is 18.6 Å². The predicted molar refractivity (Wildman–Crippen MR) is 113 cm³/mol. The number of benzene rings is 1. The molecule has 1 aliphatic heterocycles. The van der Waals surface area contributed by atoms with Crippen LogP contribution in [0.5, 0.6) is 0 Å². The number of guanidine groups is 1. The van der Waals surface area contributed by atoms with Crippen LogP contribution < -0.4 is 10.6 Å². The van der Waals surface area contributed by atoms with E-state index in [1.165, 1.54) is 17.0 Å². The van der Waals surface area contributed by atoms with Crippen molar-refractivity contribution in [1.29, 1.82) is 0 Å². The van der Waals surface area contributed by atoms with Crippen molar-refractivity contribution < 1.29 is 22.8 Å². The molecule has 1 heterocycles. The highest BCUT2D eigenvalue weighted by Crippen LogP contribution is 2.52. The summed E-state index contributed by atoms with van der Waals surface area (Å²) in [6.07, 6.45) is 1.31. The molecule has 9 heteroatoms. The lowest BCUT2D eigenvalue weighted by Crippen LogP contribution is -2.40. The van der Waals surface area contributed by atoms with Crippen molar-refractivity contribution in [3.8, 4) is 0 Å². The van der Waals surface area contributed by atoms with Crippen LogP contribution in [0.25, 0.3) is 0 Å². The number of rotatable bonds is 7. The van der Waals surface area contributed by atoms with E-state index in [0.29, 0.717) is 37.6 Å². The third-order valence-corrected chi connectivity index (χ3v) is 6.46. The van der Waals surface area contributed by atoms with Gasteiger partial charge in [-0.15, -0.1) is 0 Å². The molecule has 3 aliphatic rings. The number of alkyl halides is 3. The van der Waals surface area contributed by atoms with Crippen molar-refractivity contribution in [2.75, 3.05) is 19.6 Å². The van der Waals surface area contributed by atoms with Crippen LogP contribution in [0.2, 0.25) is 0 Å². The monoisotopic (exact) mass is 448 g/mol. The normalized spacial score (nSPS) is 26.8. The van der Waals surface area contributed by atoms with Crippen molar-refractivity contribution in [1.82, 2.24) is 15.5 Å². The molecule has 4 unspecified atom stereocenters. The van der Waals surface area contributed by atoms with Gasteiger partial charge in [0.1, 0.15) is 0 Å². The molecule has 0 radical (unpaired) electrons. The minimum atomic E-state index is -4.36. The van der Waals surface area contributed by atoms with E-state index in [9.17, 15) is 22.8 Å². The van der Waals surface area contributed by atoms with Gasteiger partial charge in [0, 0.05) is 19.6 Å². The summed E-state index contributed by atoms with van der Waals surface area (Å²) in [4.78, 5) is 31.2. The van der Waals surface area contributed by atoms with Gasteiger partial charge in [-0.1, -0.05) is 24.3 Å². The van der Waals surface area contributed by atoms with E-state index < -0.39 is 11.7 Å². The molecule has 1 saturated heterocycles. The number of imide groups is 1. The quantitative estimate of drug-likeness (QED) is 0.221. The second kappa shape index (κ2) is 8.96. The second-order valence-corrected chi connectivity index (χ2v) is 8.50. The molecule has 32 heavy (non-hydrogen) atoms. The first-order valence-electron chi connectivity index (χ1n) is 11.0. The summed E-state index contributed by atoms with van der Waals surface area (Å²) in [6, 6.07) is 4.93. The summed E-state index contributed by atoms with van der Waals surface area (Å²) >= 11 is 0. The zero-order chi connectivity index (χ0) is 22.9. The van der Waals surface area contributed by atoms with Gasteiger partial charge < -0.3 is 10.6 Å². The maximum absolute atomic E-state index is 12.7. The number of carbonyl (C=O) groups is 2. The standard InChI is InChI=1S/C23H27F3N4O2/c1-2-27-22(29-13-14-4-8-17(9-5-14)23(24,25)26)28-10-3-11-30-20(31)18-15-6-7-16(12-15)19(18)21(30)32/h4-9,15-16,18-19H,2-3,10-13H2,1H3,(H2,27,28,29). The highest BCUT2D eigenvalue weighted by molar-refractivity contribution is 6.06. The van der Waals surface area contributed by atoms with Crippen LogP contribution in [-0.2, 0) is 22.3 Å². The van der Waals surface area contributed by atoms with Gasteiger partial charge in [0.25, 0.3) is 0 Å². The molecule has 6 nitrogen and oxygen atoms in total. The first-order chi connectivity index (χ1) is 15.3. The molecule has 1 aromatic rings. The summed E-state index contributed by atoms with van der Waals surface area (Å²) < 4.78 is 38.0. The zero-order valence-electron chi connectivity index (χ0n) is 17.9. The van der Waals surface area contributed by atoms with Gasteiger partial charge in [-0.05, 0) is 49.3 Å². The van der Waals surface area contributed by atoms with Gasteiger partial charge in [-0.2, -0.15) is 13.2 Å². The molecule has 2 N–H and O–H groups in total. The number of nitrogens with one attached hydrogen (secondary N) is 2. The van der Waals surface area contributed by atoms with Crippen molar-refractivity contribution in [2.24, 2.45) is 28.7 Å². The first-order valence-corrected chi connectivity index (χ1v) is 11.0. The lowest BCUT2D eigenvalue weighted by molar-refractivity contribution is -0.141. The topological polar surface area (TPSA) is 73.8 Å². The van der Waals surface area contributed by atoms with E-state index in [1.807, 2.05) is 6.92 Å². The molecule has 2 amide bonds. The Kier molecular flexibility index (Phi) is 6.26.